The summed E-state index contributed by atoms with van der Waals surface area (Å²) in [7, 11) is 2.00. The Kier molecular flexibility index (Phi) is 5.43. The Morgan fingerprint density at radius 1 is 1.53 bits per heavy atom. The SMILES string of the molecule is CCC(NC)C(C)Sc1ccc(Cl)cn1. The van der Waals surface area contributed by atoms with Gasteiger partial charge in [0.05, 0.1) is 10.0 Å². The fourth-order valence-corrected chi connectivity index (χ4v) is 2.72. The lowest BCUT2D eigenvalue weighted by molar-refractivity contribution is 0.541. The van der Waals surface area contributed by atoms with Gasteiger partial charge in [0.15, 0.2) is 0 Å². The third kappa shape index (κ3) is 4.01. The van der Waals surface area contributed by atoms with Crippen LogP contribution in [-0.4, -0.2) is 23.3 Å². The Balaban J connectivity index is 2.57. The summed E-state index contributed by atoms with van der Waals surface area (Å²) in [5, 5.41) is 5.53. The van der Waals surface area contributed by atoms with E-state index in [1.165, 1.54) is 0 Å². The molecule has 0 spiro atoms. The zero-order chi connectivity index (χ0) is 11.3. The van der Waals surface area contributed by atoms with Crippen LogP contribution in [0, 0.1) is 0 Å². The molecule has 2 unspecified atom stereocenters. The normalized spacial score (nSPS) is 14.9. The van der Waals surface area contributed by atoms with E-state index < -0.39 is 0 Å². The fourth-order valence-electron chi connectivity index (χ4n) is 1.48. The predicted octanol–water partition coefficient (Wildman–Crippen LogP) is 3.21. The van der Waals surface area contributed by atoms with Crippen molar-refractivity contribution >= 4 is 23.4 Å². The quantitative estimate of drug-likeness (QED) is 0.806. The van der Waals surface area contributed by atoms with Gasteiger partial charge in [0, 0.05) is 17.5 Å². The van der Waals surface area contributed by atoms with Crippen LogP contribution in [-0.2, 0) is 0 Å². The van der Waals surface area contributed by atoms with Crippen LogP contribution in [0.4, 0.5) is 0 Å². The van der Waals surface area contributed by atoms with Gasteiger partial charge in [-0.05, 0) is 25.6 Å². The van der Waals surface area contributed by atoms with Crippen molar-refractivity contribution in [1.82, 2.24) is 10.3 Å². The molecule has 0 saturated heterocycles. The first-order valence-electron chi connectivity index (χ1n) is 5.12. The number of aromatic nitrogens is 1. The highest BCUT2D eigenvalue weighted by Gasteiger charge is 2.14. The van der Waals surface area contributed by atoms with Crippen LogP contribution in [0.1, 0.15) is 20.3 Å². The number of halogens is 1. The maximum absolute atomic E-state index is 5.78. The molecule has 0 fully saturated rings. The van der Waals surface area contributed by atoms with Gasteiger partial charge in [0.2, 0.25) is 0 Å². The summed E-state index contributed by atoms with van der Waals surface area (Å²) in [6.07, 6.45) is 2.81. The second-order valence-electron chi connectivity index (χ2n) is 3.44. The van der Waals surface area contributed by atoms with Crippen LogP contribution < -0.4 is 5.32 Å². The summed E-state index contributed by atoms with van der Waals surface area (Å²) in [5.41, 5.74) is 0. The van der Waals surface area contributed by atoms with Gasteiger partial charge in [-0.15, -0.1) is 11.8 Å². The molecule has 0 amide bonds. The van der Waals surface area contributed by atoms with Gasteiger partial charge in [-0.2, -0.15) is 0 Å². The van der Waals surface area contributed by atoms with Gasteiger partial charge in [-0.25, -0.2) is 4.98 Å². The van der Waals surface area contributed by atoms with Gasteiger partial charge in [0.1, 0.15) is 0 Å². The molecule has 1 aromatic heterocycles. The molecule has 2 atom stereocenters. The number of thioether (sulfide) groups is 1. The first kappa shape index (κ1) is 12.8. The Labute approximate surface area is 101 Å². The molecule has 0 aliphatic rings. The molecular formula is C11H17ClN2S. The highest BCUT2D eigenvalue weighted by molar-refractivity contribution is 7.99. The largest absolute Gasteiger partial charge is 0.316 e. The van der Waals surface area contributed by atoms with Crippen molar-refractivity contribution in [2.45, 2.75) is 36.6 Å². The zero-order valence-electron chi connectivity index (χ0n) is 9.33. The standard InChI is InChI=1S/C11H17ClN2S/c1-4-10(13-3)8(2)15-11-6-5-9(12)7-14-11/h5-8,10,13H,4H2,1-3H3. The van der Waals surface area contributed by atoms with Crippen LogP contribution in [0.25, 0.3) is 0 Å². The van der Waals surface area contributed by atoms with Crippen molar-refractivity contribution in [2.75, 3.05) is 7.05 Å². The minimum absolute atomic E-state index is 0.508. The molecule has 15 heavy (non-hydrogen) atoms. The highest BCUT2D eigenvalue weighted by atomic mass is 35.5. The van der Waals surface area contributed by atoms with Gasteiger partial charge in [-0.3, -0.25) is 0 Å². The van der Waals surface area contributed by atoms with Crippen LogP contribution >= 0.6 is 23.4 Å². The second-order valence-corrected chi connectivity index (χ2v) is 5.28. The van der Waals surface area contributed by atoms with Crippen molar-refractivity contribution < 1.29 is 0 Å². The summed E-state index contributed by atoms with van der Waals surface area (Å²) >= 11 is 7.56. The van der Waals surface area contributed by atoms with Crippen molar-refractivity contribution in [2.24, 2.45) is 0 Å². The van der Waals surface area contributed by atoms with E-state index in [0.717, 1.165) is 11.4 Å². The minimum atomic E-state index is 0.508. The summed E-state index contributed by atoms with van der Waals surface area (Å²) in [6.45, 7) is 4.40. The summed E-state index contributed by atoms with van der Waals surface area (Å²) in [4.78, 5) is 4.27. The molecule has 4 heteroatoms. The van der Waals surface area contributed by atoms with Crippen LogP contribution in [0.15, 0.2) is 23.4 Å². The molecular weight excluding hydrogens is 228 g/mol. The Morgan fingerprint density at radius 3 is 2.73 bits per heavy atom. The fraction of sp³-hybridized carbons (Fsp3) is 0.545. The van der Waals surface area contributed by atoms with Crippen molar-refractivity contribution in [3.63, 3.8) is 0 Å². The van der Waals surface area contributed by atoms with Gasteiger partial charge >= 0.3 is 0 Å². The van der Waals surface area contributed by atoms with Gasteiger partial charge in [-0.1, -0.05) is 25.4 Å². The average Bonchev–Trinajstić information content (AvgIpc) is 2.23. The molecule has 0 aromatic carbocycles. The predicted molar refractivity (Wildman–Crippen MR) is 67.7 cm³/mol. The number of hydrogen-bond donors (Lipinski definition) is 1. The first-order valence-corrected chi connectivity index (χ1v) is 6.38. The monoisotopic (exact) mass is 244 g/mol. The number of nitrogens with zero attached hydrogens (tertiary/aromatic N) is 1. The third-order valence-electron chi connectivity index (χ3n) is 2.38. The van der Waals surface area contributed by atoms with Crippen LogP contribution in [0.2, 0.25) is 5.02 Å². The third-order valence-corrected chi connectivity index (χ3v) is 3.79. The maximum Gasteiger partial charge on any atom is 0.0964 e. The highest BCUT2D eigenvalue weighted by Crippen LogP contribution is 2.24. The molecule has 0 radical (unpaired) electrons. The molecule has 2 nitrogen and oxygen atoms in total. The molecule has 0 bridgehead atoms. The van der Waals surface area contributed by atoms with Gasteiger partial charge < -0.3 is 5.32 Å². The van der Waals surface area contributed by atoms with Crippen LogP contribution in [0.5, 0.6) is 0 Å². The molecule has 1 heterocycles. The minimum Gasteiger partial charge on any atom is -0.316 e. The summed E-state index contributed by atoms with van der Waals surface area (Å²) in [6, 6.07) is 4.36. The summed E-state index contributed by atoms with van der Waals surface area (Å²) in [5.74, 6) is 0. The topological polar surface area (TPSA) is 24.9 Å². The van der Waals surface area contributed by atoms with E-state index >= 15 is 0 Å². The van der Waals surface area contributed by atoms with E-state index in [0.29, 0.717) is 16.3 Å². The maximum atomic E-state index is 5.78. The molecule has 0 aliphatic heterocycles. The second kappa shape index (κ2) is 6.36. The molecule has 84 valence electrons. The molecule has 1 N–H and O–H groups in total. The summed E-state index contributed by atoms with van der Waals surface area (Å²) < 4.78 is 0. The number of rotatable bonds is 5. The average molecular weight is 245 g/mol. The molecule has 0 aliphatic carbocycles. The van der Waals surface area contributed by atoms with Gasteiger partial charge in [0.25, 0.3) is 0 Å². The van der Waals surface area contributed by atoms with E-state index in [9.17, 15) is 0 Å². The molecule has 1 aromatic rings. The molecule has 1 rings (SSSR count). The lowest BCUT2D eigenvalue weighted by atomic mass is 10.2. The lowest BCUT2D eigenvalue weighted by Crippen LogP contribution is -2.33. The van der Waals surface area contributed by atoms with E-state index in [-0.39, 0.29) is 0 Å². The Hall–Kier alpha value is -0.250. The lowest BCUT2D eigenvalue weighted by Gasteiger charge is -2.21. The number of hydrogen-bond acceptors (Lipinski definition) is 3. The van der Waals surface area contributed by atoms with E-state index in [4.69, 9.17) is 11.6 Å². The van der Waals surface area contributed by atoms with E-state index in [1.54, 1.807) is 18.0 Å². The van der Waals surface area contributed by atoms with Crippen LogP contribution in [0.3, 0.4) is 0 Å². The zero-order valence-corrected chi connectivity index (χ0v) is 10.9. The van der Waals surface area contributed by atoms with E-state index in [2.05, 4.69) is 24.1 Å². The number of pyridine rings is 1. The Morgan fingerprint density at radius 2 is 2.27 bits per heavy atom. The van der Waals surface area contributed by atoms with Crippen molar-refractivity contribution in [1.29, 1.82) is 0 Å². The van der Waals surface area contributed by atoms with Crippen molar-refractivity contribution in [3.8, 4) is 0 Å². The first-order chi connectivity index (χ1) is 7.17. The number of nitrogens with one attached hydrogen (secondary N) is 1. The smallest absolute Gasteiger partial charge is 0.0964 e. The molecule has 0 saturated carbocycles. The Bertz CT molecular complexity index is 285. The van der Waals surface area contributed by atoms with Crippen molar-refractivity contribution in [3.05, 3.63) is 23.4 Å². The van der Waals surface area contributed by atoms with E-state index in [1.807, 2.05) is 19.2 Å².